The fraction of sp³-hybridized carbons (Fsp3) is 0.150. The molecule has 0 radical (unpaired) electrons. The molecule has 0 aliphatic carbocycles. The predicted molar refractivity (Wildman–Crippen MR) is 99.6 cm³/mol. The van der Waals surface area contributed by atoms with Gasteiger partial charge in [0.05, 0.1) is 29.7 Å². The highest BCUT2D eigenvalue weighted by Gasteiger charge is 2.30. The van der Waals surface area contributed by atoms with Crippen LogP contribution in [-0.2, 0) is 12.7 Å². The number of aromatic nitrogens is 2. The lowest BCUT2D eigenvalue weighted by atomic mass is 10.1. The van der Waals surface area contributed by atoms with Crippen LogP contribution in [0.25, 0.3) is 11.3 Å². The number of carbonyl (C=O) groups excluding carboxylic acids is 1. The van der Waals surface area contributed by atoms with Gasteiger partial charge in [-0.2, -0.15) is 13.2 Å². The summed E-state index contributed by atoms with van der Waals surface area (Å²) < 4.78 is 38.1. The Morgan fingerprint density at radius 3 is 2.32 bits per heavy atom. The zero-order valence-electron chi connectivity index (χ0n) is 14.9. The molecule has 1 amide bonds. The van der Waals surface area contributed by atoms with Gasteiger partial charge in [0.25, 0.3) is 5.91 Å². The van der Waals surface area contributed by atoms with Gasteiger partial charge in [-0.3, -0.25) is 4.79 Å². The molecule has 0 atom stereocenters. The van der Waals surface area contributed by atoms with Crippen LogP contribution in [0.4, 0.5) is 18.9 Å². The molecule has 2 aromatic carbocycles. The maximum absolute atomic E-state index is 12.7. The molecule has 0 saturated carbocycles. The second kappa shape index (κ2) is 8.18. The van der Waals surface area contributed by atoms with E-state index in [1.165, 1.54) is 6.20 Å². The number of carbonyl (C=O) groups is 1. The van der Waals surface area contributed by atoms with Crippen molar-refractivity contribution in [3.63, 3.8) is 0 Å². The van der Waals surface area contributed by atoms with Gasteiger partial charge in [-0.05, 0) is 31.3 Å². The number of rotatable bonds is 5. The van der Waals surface area contributed by atoms with Crippen molar-refractivity contribution in [1.29, 1.82) is 0 Å². The Balaban J connectivity index is 1.90. The van der Waals surface area contributed by atoms with Crippen LogP contribution in [0.5, 0.6) is 0 Å². The van der Waals surface area contributed by atoms with E-state index in [4.69, 9.17) is 0 Å². The minimum absolute atomic E-state index is 0.103. The van der Waals surface area contributed by atoms with Gasteiger partial charge in [0, 0.05) is 11.1 Å². The molecule has 144 valence electrons. The highest BCUT2D eigenvalue weighted by Crippen LogP contribution is 2.29. The average Bonchev–Trinajstić information content (AvgIpc) is 2.69. The Hall–Kier alpha value is -3.26. The quantitative estimate of drug-likeness (QED) is 0.692. The minimum atomic E-state index is -4.45. The van der Waals surface area contributed by atoms with Gasteiger partial charge in [0.2, 0.25) is 0 Å². The van der Waals surface area contributed by atoms with E-state index in [2.05, 4.69) is 20.6 Å². The second-order valence-corrected chi connectivity index (χ2v) is 5.97. The topological polar surface area (TPSA) is 66.9 Å². The number of hydrogen-bond acceptors (Lipinski definition) is 4. The molecule has 5 nitrogen and oxygen atoms in total. The number of hydrogen-bond donors (Lipinski definition) is 2. The number of halogens is 3. The zero-order valence-corrected chi connectivity index (χ0v) is 14.9. The number of nitrogens with zero attached hydrogens (tertiary/aromatic N) is 2. The van der Waals surface area contributed by atoms with Crippen LogP contribution in [0.1, 0.15) is 21.7 Å². The molecule has 0 saturated heterocycles. The van der Waals surface area contributed by atoms with E-state index in [-0.39, 0.29) is 5.56 Å². The number of benzene rings is 2. The van der Waals surface area contributed by atoms with E-state index in [1.807, 2.05) is 30.3 Å². The van der Waals surface area contributed by atoms with E-state index in [1.54, 1.807) is 7.05 Å². The van der Waals surface area contributed by atoms with Crippen molar-refractivity contribution >= 4 is 11.6 Å². The Morgan fingerprint density at radius 2 is 1.71 bits per heavy atom. The van der Waals surface area contributed by atoms with Crippen LogP contribution in [-0.4, -0.2) is 22.9 Å². The maximum Gasteiger partial charge on any atom is 0.416 e. The van der Waals surface area contributed by atoms with Crippen LogP contribution in [0.15, 0.2) is 60.8 Å². The molecule has 3 aromatic rings. The molecule has 1 heterocycles. The summed E-state index contributed by atoms with van der Waals surface area (Å²) in [4.78, 5) is 21.2. The summed E-state index contributed by atoms with van der Waals surface area (Å²) in [6, 6.07) is 13.3. The standard InChI is InChI=1S/C20H17F3N4O/c1-24-12-17-25-11-16(18(27-17)13-5-3-2-4-6-13)26-19(28)14-7-9-15(10-8-14)20(21,22)23/h2-11,24H,12H2,1H3,(H,26,28). The van der Waals surface area contributed by atoms with E-state index in [0.29, 0.717) is 23.8 Å². The zero-order chi connectivity index (χ0) is 20.1. The number of anilines is 1. The van der Waals surface area contributed by atoms with Crippen molar-refractivity contribution in [3.8, 4) is 11.3 Å². The molecule has 28 heavy (non-hydrogen) atoms. The summed E-state index contributed by atoms with van der Waals surface area (Å²) in [7, 11) is 1.77. The van der Waals surface area contributed by atoms with Crippen LogP contribution in [0, 0.1) is 0 Å². The SMILES string of the molecule is CNCc1ncc(NC(=O)c2ccc(C(F)(F)F)cc2)c(-c2ccccc2)n1. The number of alkyl halides is 3. The summed E-state index contributed by atoms with van der Waals surface area (Å²) in [6.45, 7) is 0.451. The Kier molecular flexibility index (Phi) is 5.70. The fourth-order valence-corrected chi connectivity index (χ4v) is 2.57. The molecule has 0 fully saturated rings. The lowest BCUT2D eigenvalue weighted by molar-refractivity contribution is -0.137. The van der Waals surface area contributed by atoms with Gasteiger partial charge >= 0.3 is 6.18 Å². The number of amides is 1. The third kappa shape index (κ3) is 4.52. The first kappa shape index (κ1) is 19.5. The van der Waals surface area contributed by atoms with Crippen molar-refractivity contribution in [2.75, 3.05) is 12.4 Å². The third-order valence-corrected chi connectivity index (χ3v) is 3.94. The van der Waals surface area contributed by atoms with E-state index < -0.39 is 17.6 Å². The van der Waals surface area contributed by atoms with Gasteiger partial charge in [-0.15, -0.1) is 0 Å². The molecule has 2 N–H and O–H groups in total. The lowest BCUT2D eigenvalue weighted by Crippen LogP contribution is -2.16. The van der Waals surface area contributed by atoms with Crippen molar-refractivity contribution in [1.82, 2.24) is 15.3 Å². The molecule has 8 heteroatoms. The second-order valence-electron chi connectivity index (χ2n) is 5.97. The molecular formula is C20H17F3N4O. The van der Waals surface area contributed by atoms with Gasteiger partial charge in [0.15, 0.2) is 0 Å². The first-order valence-electron chi connectivity index (χ1n) is 8.43. The van der Waals surface area contributed by atoms with E-state index in [0.717, 1.165) is 29.8 Å². The molecule has 0 aliphatic rings. The van der Waals surface area contributed by atoms with Crippen molar-refractivity contribution < 1.29 is 18.0 Å². The number of nitrogens with one attached hydrogen (secondary N) is 2. The molecule has 0 bridgehead atoms. The monoisotopic (exact) mass is 386 g/mol. The normalized spacial score (nSPS) is 11.3. The smallest absolute Gasteiger partial charge is 0.319 e. The molecule has 0 unspecified atom stereocenters. The van der Waals surface area contributed by atoms with Gasteiger partial charge in [0.1, 0.15) is 5.82 Å². The minimum Gasteiger partial charge on any atom is -0.319 e. The molecule has 1 aromatic heterocycles. The first-order chi connectivity index (χ1) is 13.4. The first-order valence-corrected chi connectivity index (χ1v) is 8.43. The van der Waals surface area contributed by atoms with Crippen molar-refractivity contribution in [2.24, 2.45) is 0 Å². The molecule has 0 aliphatic heterocycles. The average molecular weight is 386 g/mol. The maximum atomic E-state index is 12.7. The molecule has 3 rings (SSSR count). The summed E-state index contributed by atoms with van der Waals surface area (Å²) in [6.07, 6.45) is -2.96. The van der Waals surface area contributed by atoms with Crippen LogP contribution in [0.2, 0.25) is 0 Å². The summed E-state index contributed by atoms with van der Waals surface area (Å²) >= 11 is 0. The highest BCUT2D eigenvalue weighted by molar-refractivity contribution is 6.05. The summed E-state index contributed by atoms with van der Waals surface area (Å²) in [5, 5.41) is 5.65. The predicted octanol–water partition coefficient (Wildman–Crippen LogP) is 4.13. The van der Waals surface area contributed by atoms with Gasteiger partial charge < -0.3 is 10.6 Å². The van der Waals surface area contributed by atoms with Crippen LogP contribution >= 0.6 is 0 Å². The van der Waals surface area contributed by atoms with Gasteiger partial charge in [-0.25, -0.2) is 9.97 Å². The van der Waals surface area contributed by atoms with Crippen molar-refractivity contribution in [2.45, 2.75) is 12.7 Å². The molecule has 0 spiro atoms. The Morgan fingerprint density at radius 1 is 1.04 bits per heavy atom. The Bertz CT molecular complexity index is 957. The summed E-state index contributed by atoms with van der Waals surface area (Å²) in [5.74, 6) is 0.00440. The van der Waals surface area contributed by atoms with Crippen molar-refractivity contribution in [3.05, 3.63) is 77.7 Å². The fourth-order valence-electron chi connectivity index (χ4n) is 2.57. The van der Waals surface area contributed by atoms with Gasteiger partial charge in [-0.1, -0.05) is 30.3 Å². The lowest BCUT2D eigenvalue weighted by Gasteiger charge is -2.12. The van der Waals surface area contributed by atoms with Crippen LogP contribution in [0.3, 0.4) is 0 Å². The third-order valence-electron chi connectivity index (χ3n) is 3.94. The van der Waals surface area contributed by atoms with E-state index in [9.17, 15) is 18.0 Å². The molecular weight excluding hydrogens is 369 g/mol. The summed E-state index contributed by atoms with van der Waals surface area (Å²) in [5.41, 5.74) is 0.974. The largest absolute Gasteiger partial charge is 0.416 e. The van der Waals surface area contributed by atoms with E-state index >= 15 is 0 Å². The Labute approximate surface area is 159 Å². The van der Waals surface area contributed by atoms with Crippen LogP contribution < -0.4 is 10.6 Å². The highest BCUT2D eigenvalue weighted by atomic mass is 19.4.